The van der Waals surface area contributed by atoms with E-state index in [1.807, 2.05) is 12.1 Å². The van der Waals surface area contributed by atoms with E-state index in [2.05, 4.69) is 20.1 Å². The number of hydrogen-bond acceptors (Lipinski definition) is 5. The summed E-state index contributed by atoms with van der Waals surface area (Å²) in [5.74, 6) is -0.0453. The first-order valence-electron chi connectivity index (χ1n) is 7.52. The molecule has 2 fully saturated rings. The molecule has 1 N–H and O–H groups in total. The summed E-state index contributed by atoms with van der Waals surface area (Å²) in [6.45, 7) is 6.54. The molecule has 21 heavy (non-hydrogen) atoms. The highest BCUT2D eigenvalue weighted by Gasteiger charge is 2.32. The topological polar surface area (TPSA) is 51.7 Å². The van der Waals surface area contributed by atoms with Gasteiger partial charge < -0.3 is 15.1 Å². The molecule has 2 aliphatic rings. The second-order valence-electron chi connectivity index (χ2n) is 5.94. The molecule has 1 aromatic rings. The molecule has 3 rings (SSSR count). The molecular weight excluding hydrogens is 266 g/mol. The first-order chi connectivity index (χ1) is 10.1. The Morgan fingerprint density at radius 2 is 2.05 bits per heavy atom. The van der Waals surface area contributed by atoms with Gasteiger partial charge in [-0.05, 0) is 12.1 Å². The minimum Gasteiger partial charge on any atom is -0.368 e. The van der Waals surface area contributed by atoms with Gasteiger partial charge in [-0.25, -0.2) is 0 Å². The fraction of sp³-hybridized carbons (Fsp3) is 0.600. The normalized spacial score (nSPS) is 20.2. The van der Waals surface area contributed by atoms with E-state index in [1.54, 1.807) is 25.2 Å². The van der Waals surface area contributed by atoms with Crippen LogP contribution in [0.5, 0.6) is 0 Å². The van der Waals surface area contributed by atoms with Crippen molar-refractivity contribution in [2.24, 2.45) is 0 Å². The average molecular weight is 289 g/mol. The second kappa shape index (κ2) is 5.99. The number of carbonyl (C=O) groups is 1. The van der Waals surface area contributed by atoms with Gasteiger partial charge in [-0.1, -0.05) is 0 Å². The minimum atomic E-state index is -0.0453. The van der Waals surface area contributed by atoms with Gasteiger partial charge in [-0.3, -0.25) is 14.7 Å². The first-order valence-corrected chi connectivity index (χ1v) is 7.52. The van der Waals surface area contributed by atoms with Gasteiger partial charge in [0, 0.05) is 71.3 Å². The van der Waals surface area contributed by atoms with Crippen molar-refractivity contribution in [3.63, 3.8) is 0 Å². The summed E-state index contributed by atoms with van der Waals surface area (Å²) >= 11 is 0. The Kier molecular flexibility index (Phi) is 4.07. The molecule has 0 aliphatic carbocycles. The third kappa shape index (κ3) is 3.01. The average Bonchev–Trinajstić information content (AvgIpc) is 2.46. The molecule has 1 aromatic heterocycles. The van der Waals surface area contributed by atoms with Crippen LogP contribution in [0.2, 0.25) is 0 Å². The molecule has 0 unspecified atom stereocenters. The van der Waals surface area contributed by atoms with Crippen LogP contribution < -0.4 is 10.2 Å². The molecule has 0 aromatic carbocycles. The lowest BCUT2D eigenvalue weighted by Gasteiger charge is -2.48. The summed E-state index contributed by atoms with van der Waals surface area (Å²) < 4.78 is 0. The smallest absolute Gasteiger partial charge is 0.272 e. The molecule has 0 atom stereocenters. The van der Waals surface area contributed by atoms with Crippen molar-refractivity contribution >= 4 is 11.6 Å². The molecule has 3 heterocycles. The van der Waals surface area contributed by atoms with Gasteiger partial charge in [0.25, 0.3) is 5.91 Å². The Balaban J connectivity index is 1.61. The van der Waals surface area contributed by atoms with Crippen LogP contribution in [0.3, 0.4) is 0 Å². The third-order valence-electron chi connectivity index (χ3n) is 4.26. The summed E-state index contributed by atoms with van der Waals surface area (Å²) in [4.78, 5) is 22.6. The van der Waals surface area contributed by atoms with Crippen molar-refractivity contribution in [3.05, 3.63) is 24.0 Å². The summed E-state index contributed by atoms with van der Waals surface area (Å²) in [5.41, 5.74) is 1.62. The van der Waals surface area contributed by atoms with Crippen LogP contribution in [0.1, 0.15) is 10.5 Å². The number of hydrogen-bond donors (Lipinski definition) is 1. The summed E-state index contributed by atoms with van der Waals surface area (Å²) in [7, 11) is 3.50. The molecule has 1 amide bonds. The Morgan fingerprint density at radius 3 is 2.71 bits per heavy atom. The highest BCUT2D eigenvalue weighted by atomic mass is 16.2. The number of amides is 1. The number of rotatable bonds is 3. The maximum absolute atomic E-state index is 12.0. The molecule has 0 spiro atoms. The van der Waals surface area contributed by atoms with E-state index >= 15 is 0 Å². The van der Waals surface area contributed by atoms with Crippen LogP contribution >= 0.6 is 0 Å². The van der Waals surface area contributed by atoms with Gasteiger partial charge >= 0.3 is 0 Å². The molecule has 0 saturated carbocycles. The zero-order valence-electron chi connectivity index (χ0n) is 12.7. The Labute approximate surface area is 125 Å². The van der Waals surface area contributed by atoms with E-state index in [4.69, 9.17) is 0 Å². The lowest BCUT2D eigenvalue weighted by atomic mass is 10.0. The first kappa shape index (κ1) is 14.3. The van der Waals surface area contributed by atoms with Crippen molar-refractivity contribution in [1.82, 2.24) is 20.1 Å². The van der Waals surface area contributed by atoms with E-state index in [0.717, 1.165) is 45.0 Å². The second-order valence-corrected chi connectivity index (χ2v) is 5.94. The van der Waals surface area contributed by atoms with Crippen LogP contribution in [-0.4, -0.2) is 80.1 Å². The summed E-state index contributed by atoms with van der Waals surface area (Å²) in [5, 5.41) is 3.39. The fourth-order valence-electron chi connectivity index (χ4n) is 2.91. The van der Waals surface area contributed by atoms with E-state index in [0.29, 0.717) is 11.7 Å². The van der Waals surface area contributed by atoms with Gasteiger partial charge in [-0.15, -0.1) is 0 Å². The van der Waals surface area contributed by atoms with Gasteiger partial charge in [0.2, 0.25) is 0 Å². The molecule has 6 heteroatoms. The maximum Gasteiger partial charge on any atom is 0.272 e. The Bertz CT molecular complexity index is 507. The quantitative estimate of drug-likeness (QED) is 0.840. The largest absolute Gasteiger partial charge is 0.368 e. The van der Waals surface area contributed by atoms with Crippen LogP contribution in [0.25, 0.3) is 0 Å². The zero-order chi connectivity index (χ0) is 14.8. The van der Waals surface area contributed by atoms with Gasteiger partial charge in [0.15, 0.2) is 0 Å². The highest BCUT2D eigenvalue weighted by Crippen LogP contribution is 2.24. The van der Waals surface area contributed by atoms with E-state index in [9.17, 15) is 4.79 Å². The number of anilines is 1. The lowest BCUT2D eigenvalue weighted by Crippen LogP contribution is -2.62. The Morgan fingerprint density at radius 1 is 1.33 bits per heavy atom. The minimum absolute atomic E-state index is 0.0453. The number of carbonyl (C=O) groups excluding carboxylic acids is 1. The summed E-state index contributed by atoms with van der Waals surface area (Å²) in [6.07, 6.45) is 1.73. The van der Waals surface area contributed by atoms with Crippen molar-refractivity contribution in [1.29, 1.82) is 0 Å². The molecule has 6 nitrogen and oxygen atoms in total. The lowest BCUT2D eigenvalue weighted by molar-refractivity contribution is 0.0822. The van der Waals surface area contributed by atoms with Crippen molar-refractivity contribution in [3.8, 4) is 0 Å². The van der Waals surface area contributed by atoms with E-state index < -0.39 is 0 Å². The fourth-order valence-corrected chi connectivity index (χ4v) is 2.91. The Hall–Kier alpha value is -1.66. The predicted octanol–water partition coefficient (Wildman–Crippen LogP) is -0.123. The van der Waals surface area contributed by atoms with Crippen LogP contribution in [0.4, 0.5) is 5.69 Å². The van der Waals surface area contributed by atoms with Crippen molar-refractivity contribution in [2.45, 2.75) is 6.04 Å². The molecular formula is C15H23N5O. The van der Waals surface area contributed by atoms with E-state index in [-0.39, 0.29) is 5.91 Å². The number of pyridine rings is 1. The zero-order valence-corrected chi connectivity index (χ0v) is 12.7. The molecule has 0 bridgehead atoms. The predicted molar refractivity (Wildman–Crippen MR) is 82.7 cm³/mol. The number of piperazine rings is 1. The molecule has 2 saturated heterocycles. The maximum atomic E-state index is 12.0. The van der Waals surface area contributed by atoms with Gasteiger partial charge in [0.05, 0.1) is 0 Å². The third-order valence-corrected chi connectivity index (χ3v) is 4.26. The SMILES string of the molecule is CN(C)C(=O)c1cc(N2CC(N3CCNCC3)C2)ccn1. The molecule has 0 radical (unpaired) electrons. The number of nitrogens with one attached hydrogen (secondary N) is 1. The molecule has 114 valence electrons. The molecule has 2 aliphatic heterocycles. The van der Waals surface area contributed by atoms with Crippen molar-refractivity contribution < 1.29 is 4.79 Å². The van der Waals surface area contributed by atoms with Gasteiger partial charge in [-0.2, -0.15) is 0 Å². The van der Waals surface area contributed by atoms with E-state index in [1.165, 1.54) is 0 Å². The van der Waals surface area contributed by atoms with Crippen LogP contribution in [0.15, 0.2) is 18.3 Å². The monoisotopic (exact) mass is 289 g/mol. The highest BCUT2D eigenvalue weighted by molar-refractivity contribution is 5.92. The van der Waals surface area contributed by atoms with Crippen LogP contribution in [0, 0.1) is 0 Å². The summed E-state index contributed by atoms with van der Waals surface area (Å²) in [6, 6.07) is 4.53. The number of nitrogens with zero attached hydrogens (tertiary/aromatic N) is 4. The van der Waals surface area contributed by atoms with Gasteiger partial charge in [0.1, 0.15) is 5.69 Å². The standard InChI is InChI=1S/C15H23N5O/c1-18(2)15(21)14-9-12(3-4-17-14)20-10-13(11-20)19-7-5-16-6-8-19/h3-4,9,13,16H,5-8,10-11H2,1-2H3. The number of aromatic nitrogens is 1. The van der Waals surface area contributed by atoms with Crippen molar-refractivity contribution in [2.75, 3.05) is 58.3 Å². The van der Waals surface area contributed by atoms with Crippen LogP contribution in [-0.2, 0) is 0 Å².